The number of rotatable bonds is 2. The second kappa shape index (κ2) is 5.43. The first-order valence-electron chi connectivity index (χ1n) is 1.68. The van der Waals surface area contributed by atoms with Crippen LogP contribution < -0.4 is 0 Å². The molecule has 0 unspecified atom stereocenters. The SMILES string of the molecule is C/C=N/N=C/OCl. The molecule has 0 aliphatic heterocycles. The van der Waals surface area contributed by atoms with Crippen LogP contribution in [-0.4, -0.2) is 12.6 Å². The average molecular weight is 121 g/mol. The third-order valence-corrected chi connectivity index (χ3v) is 0.349. The monoisotopic (exact) mass is 120 g/mol. The molecule has 0 aromatic heterocycles. The van der Waals surface area contributed by atoms with E-state index in [2.05, 4.69) is 14.5 Å². The van der Waals surface area contributed by atoms with Crippen molar-refractivity contribution in [3.63, 3.8) is 0 Å². The van der Waals surface area contributed by atoms with Crippen molar-refractivity contribution in [2.24, 2.45) is 10.2 Å². The minimum Gasteiger partial charge on any atom is -0.371 e. The second-order valence-electron chi connectivity index (χ2n) is 0.684. The number of hydrogen-bond donors (Lipinski definition) is 0. The van der Waals surface area contributed by atoms with Gasteiger partial charge in [-0.2, -0.15) is 5.10 Å². The molecule has 0 amide bonds. The quantitative estimate of drug-likeness (QED) is 0.306. The third kappa shape index (κ3) is 5.43. The zero-order valence-electron chi connectivity index (χ0n) is 3.84. The molecular formula is C3H5ClN2O. The lowest BCUT2D eigenvalue weighted by Gasteiger charge is -1.72. The molecule has 0 bridgehead atoms. The predicted molar refractivity (Wildman–Crippen MR) is 29.6 cm³/mol. The first-order chi connectivity index (χ1) is 3.41. The Morgan fingerprint density at radius 3 is 2.71 bits per heavy atom. The summed E-state index contributed by atoms with van der Waals surface area (Å²) in [5.74, 6) is 0. The zero-order valence-corrected chi connectivity index (χ0v) is 4.59. The minimum atomic E-state index is 1.03. The maximum absolute atomic E-state index is 4.71. The Kier molecular flexibility index (Phi) is 4.99. The molecule has 0 saturated carbocycles. The fourth-order valence-corrected chi connectivity index (χ4v) is 0.147. The average Bonchev–Trinajstić information content (AvgIpc) is 1.69. The molecule has 4 heteroatoms. The first-order valence-corrected chi connectivity index (χ1v) is 1.99. The summed E-state index contributed by atoms with van der Waals surface area (Å²) in [5.41, 5.74) is 0. The van der Waals surface area contributed by atoms with Crippen molar-refractivity contribution >= 4 is 24.5 Å². The molecule has 0 aromatic carbocycles. The lowest BCUT2D eigenvalue weighted by atomic mass is 10.9. The van der Waals surface area contributed by atoms with Crippen molar-refractivity contribution in [2.75, 3.05) is 0 Å². The lowest BCUT2D eigenvalue weighted by Crippen LogP contribution is -1.65. The van der Waals surface area contributed by atoms with E-state index in [9.17, 15) is 0 Å². The van der Waals surface area contributed by atoms with Gasteiger partial charge in [-0.3, -0.25) is 0 Å². The van der Waals surface area contributed by atoms with Gasteiger partial charge in [0.15, 0.2) is 0 Å². The van der Waals surface area contributed by atoms with E-state index in [-0.39, 0.29) is 0 Å². The molecule has 0 heterocycles. The van der Waals surface area contributed by atoms with Gasteiger partial charge >= 0.3 is 0 Å². The highest BCUT2D eigenvalue weighted by Crippen LogP contribution is 1.72. The summed E-state index contributed by atoms with van der Waals surface area (Å²) in [4.78, 5) is 0. The van der Waals surface area contributed by atoms with Crippen LogP contribution in [0.5, 0.6) is 0 Å². The van der Waals surface area contributed by atoms with Crippen LogP contribution in [0.15, 0.2) is 10.2 Å². The molecule has 0 rings (SSSR count). The Morgan fingerprint density at radius 2 is 2.29 bits per heavy atom. The lowest BCUT2D eigenvalue weighted by molar-refractivity contribution is 0.640. The molecule has 0 atom stereocenters. The Balaban J connectivity index is 3.09. The summed E-state index contributed by atoms with van der Waals surface area (Å²) in [6, 6.07) is 0. The van der Waals surface area contributed by atoms with Gasteiger partial charge < -0.3 is 4.29 Å². The summed E-state index contributed by atoms with van der Waals surface area (Å²) < 4.78 is 3.91. The molecule has 0 fully saturated rings. The van der Waals surface area contributed by atoms with E-state index in [0.29, 0.717) is 0 Å². The van der Waals surface area contributed by atoms with Gasteiger partial charge in [0.05, 0.1) is 0 Å². The molecule has 0 saturated heterocycles. The van der Waals surface area contributed by atoms with Gasteiger partial charge in [0, 0.05) is 6.21 Å². The largest absolute Gasteiger partial charge is 0.371 e. The van der Waals surface area contributed by atoms with Crippen molar-refractivity contribution in [1.82, 2.24) is 0 Å². The van der Waals surface area contributed by atoms with Gasteiger partial charge in [-0.15, -0.1) is 5.10 Å². The Hall–Kier alpha value is -0.570. The Morgan fingerprint density at radius 1 is 1.57 bits per heavy atom. The summed E-state index contributed by atoms with van der Waals surface area (Å²) in [6.45, 7) is 1.74. The molecule has 0 aromatic rings. The van der Waals surface area contributed by atoms with E-state index >= 15 is 0 Å². The van der Waals surface area contributed by atoms with E-state index in [0.717, 1.165) is 6.40 Å². The smallest absolute Gasteiger partial charge is 0.220 e. The van der Waals surface area contributed by atoms with Crippen molar-refractivity contribution in [1.29, 1.82) is 0 Å². The van der Waals surface area contributed by atoms with Gasteiger partial charge in [0.2, 0.25) is 6.40 Å². The number of nitrogens with zero attached hydrogens (tertiary/aromatic N) is 2. The van der Waals surface area contributed by atoms with Gasteiger partial charge in [-0.25, -0.2) is 0 Å². The van der Waals surface area contributed by atoms with E-state index in [1.165, 1.54) is 6.21 Å². The van der Waals surface area contributed by atoms with Crippen molar-refractivity contribution in [2.45, 2.75) is 6.92 Å². The van der Waals surface area contributed by atoms with Crippen molar-refractivity contribution < 1.29 is 4.29 Å². The maximum atomic E-state index is 4.71. The topological polar surface area (TPSA) is 34.0 Å². The van der Waals surface area contributed by atoms with Gasteiger partial charge in [0.1, 0.15) is 11.9 Å². The van der Waals surface area contributed by atoms with Crippen LogP contribution in [0, 0.1) is 0 Å². The van der Waals surface area contributed by atoms with Crippen LogP contribution in [0.4, 0.5) is 0 Å². The Bertz CT molecular complexity index is 81.0. The highest BCUT2D eigenvalue weighted by atomic mass is 35.5. The maximum Gasteiger partial charge on any atom is 0.220 e. The van der Waals surface area contributed by atoms with Crippen LogP contribution in [-0.2, 0) is 4.29 Å². The molecule has 0 aliphatic rings. The molecule has 0 aliphatic carbocycles. The molecule has 7 heavy (non-hydrogen) atoms. The standard InChI is InChI=1S/C3H5ClN2O/c1-2-5-6-3-7-4/h2-3H,1H3/b5-2+,6-3+. The zero-order chi connectivity index (χ0) is 5.54. The first kappa shape index (κ1) is 6.43. The number of halogens is 1. The van der Waals surface area contributed by atoms with Crippen LogP contribution >= 0.6 is 11.9 Å². The van der Waals surface area contributed by atoms with Crippen LogP contribution in [0.2, 0.25) is 0 Å². The van der Waals surface area contributed by atoms with Crippen LogP contribution in [0.3, 0.4) is 0 Å². The summed E-state index contributed by atoms with van der Waals surface area (Å²) in [7, 11) is 0. The normalized spacial score (nSPS) is 11.1. The molecule has 0 radical (unpaired) electrons. The van der Waals surface area contributed by atoms with Gasteiger partial charge in [-0.1, -0.05) is 0 Å². The minimum absolute atomic E-state index is 1.03. The fraction of sp³-hybridized carbons (Fsp3) is 0.333. The summed E-state index contributed by atoms with van der Waals surface area (Å²) in [6.07, 6.45) is 2.55. The van der Waals surface area contributed by atoms with Gasteiger partial charge in [0.25, 0.3) is 0 Å². The highest BCUT2D eigenvalue weighted by molar-refractivity contribution is 6.11. The molecule has 40 valence electrons. The van der Waals surface area contributed by atoms with Crippen molar-refractivity contribution in [3.8, 4) is 0 Å². The molecule has 3 nitrogen and oxygen atoms in total. The third-order valence-electron chi connectivity index (χ3n) is 0.269. The van der Waals surface area contributed by atoms with E-state index in [1.807, 2.05) is 0 Å². The highest BCUT2D eigenvalue weighted by Gasteiger charge is 1.59. The molecule has 0 N–H and O–H groups in total. The van der Waals surface area contributed by atoms with E-state index in [1.54, 1.807) is 6.92 Å². The van der Waals surface area contributed by atoms with Gasteiger partial charge in [-0.05, 0) is 6.92 Å². The van der Waals surface area contributed by atoms with Crippen LogP contribution in [0.25, 0.3) is 0 Å². The van der Waals surface area contributed by atoms with Crippen molar-refractivity contribution in [3.05, 3.63) is 0 Å². The fourth-order valence-electron chi connectivity index (χ4n) is 0.112. The Labute approximate surface area is 46.8 Å². The number of hydrogen-bond acceptors (Lipinski definition) is 3. The summed E-state index contributed by atoms with van der Waals surface area (Å²) >= 11 is 4.71. The van der Waals surface area contributed by atoms with E-state index < -0.39 is 0 Å². The molecule has 0 spiro atoms. The predicted octanol–water partition coefficient (Wildman–Crippen LogP) is 1.19. The van der Waals surface area contributed by atoms with Crippen LogP contribution in [0.1, 0.15) is 6.92 Å². The summed E-state index contributed by atoms with van der Waals surface area (Å²) in [5, 5.41) is 6.70. The molecular weight excluding hydrogens is 115 g/mol. The second-order valence-corrected chi connectivity index (χ2v) is 0.862. The van der Waals surface area contributed by atoms with E-state index in [4.69, 9.17) is 11.9 Å².